The zero-order valence-corrected chi connectivity index (χ0v) is 18.1. The molecule has 0 bridgehead atoms. The normalized spacial score (nSPS) is 12.8. The predicted molar refractivity (Wildman–Crippen MR) is 112 cm³/mol. The molecule has 0 saturated heterocycles. The minimum absolute atomic E-state index is 0.167. The van der Waals surface area contributed by atoms with Crippen LogP contribution >= 0.6 is 0 Å². The molecule has 0 spiro atoms. The van der Waals surface area contributed by atoms with E-state index in [1.165, 1.54) is 65.5 Å². The van der Waals surface area contributed by atoms with E-state index in [1.807, 2.05) is 26.0 Å². The quantitative estimate of drug-likeness (QED) is 0.699. The molecule has 1 saturated carbocycles. The fourth-order valence-corrected chi connectivity index (χ4v) is 2.40. The van der Waals surface area contributed by atoms with Crippen molar-refractivity contribution in [1.82, 2.24) is 20.4 Å². The number of hydrogen-bond acceptors (Lipinski definition) is 6. The molecule has 2 heterocycles. The molecule has 0 aliphatic heterocycles. The Labute approximate surface area is 169 Å². The van der Waals surface area contributed by atoms with Gasteiger partial charge in [-0.2, -0.15) is 20.4 Å². The van der Waals surface area contributed by atoms with Crippen LogP contribution in [0.4, 0.5) is 0 Å². The lowest BCUT2D eigenvalue weighted by Crippen LogP contribution is -2.07. The van der Waals surface area contributed by atoms with Gasteiger partial charge in [-0.05, 0) is 78.6 Å². The summed E-state index contributed by atoms with van der Waals surface area (Å²) in [6, 6.07) is 7.98. The van der Waals surface area contributed by atoms with Crippen LogP contribution in [0.1, 0.15) is 82.8 Å². The van der Waals surface area contributed by atoms with Gasteiger partial charge in [0.15, 0.2) is 0 Å². The van der Waals surface area contributed by atoms with Crippen LogP contribution in [-0.2, 0) is 9.59 Å². The van der Waals surface area contributed by atoms with Gasteiger partial charge in [0.05, 0.1) is 17.1 Å². The summed E-state index contributed by atoms with van der Waals surface area (Å²) in [6.45, 7) is 10.0. The third-order valence-electron chi connectivity index (χ3n) is 3.55. The average Bonchev–Trinajstić information content (AvgIpc) is 2.63. The largest absolute Gasteiger partial charge is 0.300 e. The molecule has 3 rings (SSSR count). The van der Waals surface area contributed by atoms with E-state index in [9.17, 15) is 9.59 Å². The van der Waals surface area contributed by atoms with Crippen LogP contribution in [-0.4, -0.2) is 32.0 Å². The molecule has 154 valence electrons. The van der Waals surface area contributed by atoms with Crippen LogP contribution in [0.2, 0.25) is 0 Å². The van der Waals surface area contributed by atoms with Gasteiger partial charge >= 0.3 is 0 Å². The van der Waals surface area contributed by atoms with E-state index in [4.69, 9.17) is 0 Å². The average molecular weight is 387 g/mol. The fraction of sp³-hybridized carbons (Fsp3) is 0.545. The van der Waals surface area contributed by atoms with Gasteiger partial charge in [-0.25, -0.2) is 0 Å². The van der Waals surface area contributed by atoms with Gasteiger partial charge in [0.2, 0.25) is 0 Å². The molecule has 0 amide bonds. The number of rotatable bonds is 1. The van der Waals surface area contributed by atoms with E-state index in [1.54, 1.807) is 6.20 Å². The van der Waals surface area contributed by atoms with E-state index in [2.05, 4.69) is 32.5 Å². The first-order valence-corrected chi connectivity index (χ1v) is 9.71. The highest BCUT2D eigenvalue weighted by molar-refractivity contribution is 5.72. The molecule has 0 unspecified atom stereocenters. The van der Waals surface area contributed by atoms with Gasteiger partial charge in [0.1, 0.15) is 11.6 Å². The highest BCUT2D eigenvalue weighted by Gasteiger charge is 2.16. The van der Waals surface area contributed by atoms with Gasteiger partial charge in [0.25, 0.3) is 0 Å². The standard InChI is InChI=1S/C11H16N2.C5H6N2.2C3H6O/c1-9-7-8-11(13-12-9)10-5-3-2-4-6-10;1-5-3-2-4-6-7-5;2*1-3(2)4/h7-8,10H,2-6H2,1H3;2-4H,1H3;2*1-2H3. The van der Waals surface area contributed by atoms with Crippen LogP contribution in [0.3, 0.4) is 0 Å². The molecule has 6 nitrogen and oxygen atoms in total. The number of aromatic nitrogens is 4. The molecule has 0 aromatic carbocycles. The number of Topliss-reactive ketones (excluding diaryl/α,β-unsaturated/α-hetero) is 2. The van der Waals surface area contributed by atoms with Gasteiger partial charge < -0.3 is 9.59 Å². The van der Waals surface area contributed by atoms with Crippen molar-refractivity contribution < 1.29 is 9.59 Å². The number of carbonyl (C=O) groups excluding carboxylic acids is 2. The highest BCUT2D eigenvalue weighted by Crippen LogP contribution is 2.30. The van der Waals surface area contributed by atoms with Crippen LogP contribution in [0.15, 0.2) is 30.5 Å². The van der Waals surface area contributed by atoms with E-state index in [0.717, 1.165) is 11.4 Å². The third-order valence-corrected chi connectivity index (χ3v) is 3.55. The monoisotopic (exact) mass is 386 g/mol. The number of carbonyl (C=O) groups is 2. The molecule has 0 N–H and O–H groups in total. The van der Waals surface area contributed by atoms with E-state index in [-0.39, 0.29) is 11.6 Å². The van der Waals surface area contributed by atoms with Crippen LogP contribution in [0, 0.1) is 13.8 Å². The van der Waals surface area contributed by atoms with Crippen molar-refractivity contribution in [3.05, 3.63) is 47.5 Å². The number of ketones is 2. The molecular weight excluding hydrogens is 352 g/mol. The maximum atomic E-state index is 9.44. The summed E-state index contributed by atoms with van der Waals surface area (Å²) < 4.78 is 0. The summed E-state index contributed by atoms with van der Waals surface area (Å²) >= 11 is 0. The fourth-order valence-electron chi connectivity index (χ4n) is 2.40. The Morgan fingerprint density at radius 1 is 0.786 bits per heavy atom. The van der Waals surface area contributed by atoms with Crippen molar-refractivity contribution in [2.75, 3.05) is 0 Å². The zero-order chi connectivity index (χ0) is 21.4. The van der Waals surface area contributed by atoms with E-state index < -0.39 is 0 Å². The van der Waals surface area contributed by atoms with Crippen LogP contribution in [0.25, 0.3) is 0 Å². The van der Waals surface area contributed by atoms with Crippen LogP contribution < -0.4 is 0 Å². The van der Waals surface area contributed by atoms with E-state index in [0.29, 0.717) is 5.92 Å². The Bertz CT molecular complexity index is 647. The van der Waals surface area contributed by atoms with Crippen molar-refractivity contribution in [2.45, 2.75) is 79.6 Å². The topological polar surface area (TPSA) is 85.7 Å². The highest BCUT2D eigenvalue weighted by atomic mass is 16.1. The lowest BCUT2D eigenvalue weighted by Gasteiger charge is -2.20. The minimum atomic E-state index is 0.167. The molecule has 1 fully saturated rings. The van der Waals surface area contributed by atoms with Crippen molar-refractivity contribution in [1.29, 1.82) is 0 Å². The molecule has 2 aromatic rings. The zero-order valence-electron chi connectivity index (χ0n) is 18.1. The molecule has 6 heteroatoms. The van der Waals surface area contributed by atoms with E-state index >= 15 is 0 Å². The molecule has 1 aliphatic carbocycles. The number of hydrogen-bond donors (Lipinski definition) is 0. The third kappa shape index (κ3) is 15.7. The Morgan fingerprint density at radius 2 is 1.32 bits per heavy atom. The Balaban J connectivity index is 0.000000409. The second kappa shape index (κ2) is 15.5. The molecular formula is C22H34N4O2. The maximum Gasteiger partial charge on any atom is 0.126 e. The lowest BCUT2D eigenvalue weighted by molar-refractivity contribution is -0.115. The SMILES string of the molecule is CC(C)=O.CC(C)=O.Cc1ccc(C2CCCCC2)nn1.Cc1cccnn1. The lowest BCUT2D eigenvalue weighted by atomic mass is 9.87. The summed E-state index contributed by atoms with van der Waals surface area (Å²) in [5.41, 5.74) is 3.17. The summed E-state index contributed by atoms with van der Waals surface area (Å²) in [4.78, 5) is 18.9. The number of nitrogens with zero attached hydrogens (tertiary/aromatic N) is 4. The molecule has 1 aliphatic rings. The first kappa shape index (κ1) is 25.5. The minimum Gasteiger partial charge on any atom is -0.300 e. The Morgan fingerprint density at radius 3 is 1.68 bits per heavy atom. The van der Waals surface area contributed by atoms with Crippen molar-refractivity contribution in [3.8, 4) is 0 Å². The first-order valence-electron chi connectivity index (χ1n) is 9.71. The summed E-state index contributed by atoms with van der Waals surface area (Å²) in [6.07, 6.45) is 8.39. The Kier molecular flexibility index (Phi) is 14.2. The maximum absolute atomic E-state index is 9.44. The van der Waals surface area contributed by atoms with Gasteiger partial charge in [-0.15, -0.1) is 0 Å². The van der Waals surface area contributed by atoms with Gasteiger partial charge in [0, 0.05) is 12.1 Å². The second-order valence-electron chi connectivity index (χ2n) is 7.12. The second-order valence-corrected chi connectivity index (χ2v) is 7.12. The molecule has 28 heavy (non-hydrogen) atoms. The van der Waals surface area contributed by atoms with Crippen molar-refractivity contribution >= 4 is 11.6 Å². The Hall–Kier alpha value is -2.50. The molecule has 2 aromatic heterocycles. The van der Waals surface area contributed by atoms with Gasteiger partial charge in [-0.1, -0.05) is 19.3 Å². The van der Waals surface area contributed by atoms with Crippen molar-refractivity contribution in [3.63, 3.8) is 0 Å². The summed E-state index contributed by atoms with van der Waals surface area (Å²) in [7, 11) is 0. The molecule has 0 atom stereocenters. The van der Waals surface area contributed by atoms with Crippen LogP contribution in [0.5, 0.6) is 0 Å². The summed E-state index contributed by atoms with van der Waals surface area (Å²) in [5, 5.41) is 15.7. The van der Waals surface area contributed by atoms with Gasteiger partial charge in [-0.3, -0.25) is 0 Å². The predicted octanol–water partition coefficient (Wildman–Crippen LogP) is 4.81. The molecule has 0 radical (unpaired) electrons. The summed E-state index contributed by atoms with van der Waals surface area (Å²) in [5.74, 6) is 1.02. The smallest absolute Gasteiger partial charge is 0.126 e. The number of aryl methyl sites for hydroxylation is 2. The first-order chi connectivity index (χ1) is 13.2. The van der Waals surface area contributed by atoms with Crippen molar-refractivity contribution in [2.24, 2.45) is 0 Å².